The average molecular weight is 216 g/mol. The van der Waals surface area contributed by atoms with E-state index in [0.717, 1.165) is 15.0 Å². The lowest BCUT2D eigenvalue weighted by molar-refractivity contribution is -0.159. The highest BCUT2D eigenvalue weighted by Gasteiger charge is 2.42. The first kappa shape index (κ1) is 11.3. The molecule has 9 nitrogen and oxygen atoms in total. The highest BCUT2D eigenvalue weighted by atomic mass is 16.3. The third-order valence-electron chi connectivity index (χ3n) is 2.58. The van der Waals surface area contributed by atoms with Gasteiger partial charge in [-0.15, -0.1) is 14.7 Å². The predicted octanol–water partition coefficient (Wildman–Crippen LogP) is 0.988. The van der Waals surface area contributed by atoms with E-state index in [0.29, 0.717) is 0 Å². The van der Waals surface area contributed by atoms with Gasteiger partial charge in [-0.1, -0.05) is 0 Å². The van der Waals surface area contributed by atoms with Crippen LogP contribution in [0.25, 0.3) is 0 Å². The van der Waals surface area contributed by atoms with Crippen LogP contribution in [0, 0.1) is 14.7 Å². The third-order valence-corrected chi connectivity index (χ3v) is 2.58. The van der Waals surface area contributed by atoms with Crippen LogP contribution in [0.1, 0.15) is 20.8 Å². The van der Waals surface area contributed by atoms with E-state index in [1.165, 1.54) is 0 Å². The fourth-order valence-electron chi connectivity index (χ4n) is 1.71. The zero-order valence-corrected chi connectivity index (χ0v) is 8.64. The molecule has 0 N–H and O–H groups in total. The average Bonchev–Trinajstić information content (AvgIpc) is 2.19. The van der Waals surface area contributed by atoms with Gasteiger partial charge in [-0.05, 0) is 20.8 Å². The van der Waals surface area contributed by atoms with Crippen molar-refractivity contribution in [3.05, 3.63) is 14.7 Å². The summed E-state index contributed by atoms with van der Waals surface area (Å²) in [7, 11) is 0. The molecule has 0 aromatic rings. The fourth-order valence-corrected chi connectivity index (χ4v) is 1.71. The normalized spacial score (nSPS) is 31.4. The molecule has 0 atom stereocenters. The van der Waals surface area contributed by atoms with Gasteiger partial charge < -0.3 is 0 Å². The summed E-state index contributed by atoms with van der Waals surface area (Å²) in [5.74, 6) is 0. The van der Waals surface area contributed by atoms with E-state index in [4.69, 9.17) is 0 Å². The Morgan fingerprint density at radius 1 is 0.667 bits per heavy atom. The molecule has 0 aromatic heterocycles. The van der Waals surface area contributed by atoms with Crippen LogP contribution in [0.3, 0.4) is 0 Å². The van der Waals surface area contributed by atoms with Crippen molar-refractivity contribution in [1.29, 1.82) is 0 Å². The molecule has 84 valence electrons. The SMILES string of the molecule is CC1N(N=O)C(C)N(N=O)C(C)N1N=O. The molecule has 1 heterocycles. The first-order chi connectivity index (χ1) is 7.08. The standard InChI is InChI=1S/C6H12N6O3/c1-4-10(7-13)5(2)12(9-15)6(3)11(4)8-14/h4-6H,1-3H3. The lowest BCUT2D eigenvalue weighted by Gasteiger charge is -2.46. The second kappa shape index (κ2) is 4.15. The van der Waals surface area contributed by atoms with Crippen molar-refractivity contribution in [3.63, 3.8) is 0 Å². The second-order valence-corrected chi connectivity index (χ2v) is 3.28. The van der Waals surface area contributed by atoms with Gasteiger partial charge in [0.2, 0.25) is 0 Å². The van der Waals surface area contributed by atoms with Crippen LogP contribution in [0.2, 0.25) is 0 Å². The zero-order chi connectivity index (χ0) is 11.6. The van der Waals surface area contributed by atoms with Gasteiger partial charge in [0.1, 0.15) is 18.5 Å². The van der Waals surface area contributed by atoms with E-state index in [1.54, 1.807) is 20.8 Å². The van der Waals surface area contributed by atoms with Crippen molar-refractivity contribution < 1.29 is 0 Å². The molecule has 1 fully saturated rings. The van der Waals surface area contributed by atoms with Crippen molar-refractivity contribution in [3.8, 4) is 0 Å². The van der Waals surface area contributed by atoms with Crippen molar-refractivity contribution >= 4 is 0 Å². The first-order valence-electron chi connectivity index (χ1n) is 4.43. The van der Waals surface area contributed by atoms with Crippen LogP contribution in [-0.2, 0) is 0 Å². The Bertz CT molecular complexity index is 219. The van der Waals surface area contributed by atoms with Gasteiger partial charge in [-0.2, -0.15) is 0 Å². The van der Waals surface area contributed by atoms with Gasteiger partial charge in [0.15, 0.2) is 0 Å². The van der Waals surface area contributed by atoms with E-state index in [1.807, 2.05) is 0 Å². The maximum atomic E-state index is 10.5. The van der Waals surface area contributed by atoms with E-state index >= 15 is 0 Å². The molecule has 0 aromatic carbocycles. The minimum absolute atomic E-state index is 0.594. The topological polar surface area (TPSA) is 98.0 Å². The Morgan fingerprint density at radius 3 is 1.00 bits per heavy atom. The third kappa shape index (κ3) is 1.60. The maximum Gasteiger partial charge on any atom is 0.142 e. The molecule has 0 amide bonds. The summed E-state index contributed by atoms with van der Waals surface area (Å²) < 4.78 is 0. The zero-order valence-electron chi connectivity index (χ0n) is 8.64. The van der Waals surface area contributed by atoms with Crippen LogP contribution in [0.15, 0.2) is 15.9 Å². The Morgan fingerprint density at radius 2 is 0.867 bits per heavy atom. The molecule has 1 saturated heterocycles. The molecule has 15 heavy (non-hydrogen) atoms. The van der Waals surface area contributed by atoms with Crippen LogP contribution in [0.5, 0.6) is 0 Å². The number of hydrogen-bond donors (Lipinski definition) is 0. The lowest BCUT2D eigenvalue weighted by Crippen LogP contribution is -2.63. The van der Waals surface area contributed by atoms with Crippen molar-refractivity contribution in [2.24, 2.45) is 15.9 Å². The number of nitrogens with zero attached hydrogens (tertiary/aromatic N) is 6. The number of rotatable bonds is 3. The van der Waals surface area contributed by atoms with Crippen molar-refractivity contribution in [1.82, 2.24) is 15.0 Å². The molecular weight excluding hydrogens is 204 g/mol. The summed E-state index contributed by atoms with van der Waals surface area (Å²) in [5.41, 5.74) is 0. The minimum atomic E-state index is -0.594. The summed E-state index contributed by atoms with van der Waals surface area (Å²) in [6.07, 6.45) is -1.78. The van der Waals surface area contributed by atoms with Crippen LogP contribution in [0.4, 0.5) is 0 Å². The Kier molecular flexibility index (Phi) is 3.12. The van der Waals surface area contributed by atoms with Crippen molar-refractivity contribution in [2.45, 2.75) is 39.3 Å². The second-order valence-electron chi connectivity index (χ2n) is 3.28. The van der Waals surface area contributed by atoms with Gasteiger partial charge >= 0.3 is 0 Å². The molecule has 0 saturated carbocycles. The number of hydrogen-bond acceptors (Lipinski definition) is 6. The minimum Gasteiger partial charge on any atom is -0.213 e. The van der Waals surface area contributed by atoms with Crippen LogP contribution >= 0.6 is 0 Å². The van der Waals surface area contributed by atoms with Gasteiger partial charge in [0.05, 0.1) is 15.9 Å². The lowest BCUT2D eigenvalue weighted by atomic mass is 10.3. The summed E-state index contributed by atoms with van der Waals surface area (Å²) >= 11 is 0. The Balaban J connectivity index is 3.01. The van der Waals surface area contributed by atoms with E-state index in [-0.39, 0.29) is 0 Å². The predicted molar refractivity (Wildman–Crippen MR) is 51.3 cm³/mol. The van der Waals surface area contributed by atoms with E-state index in [9.17, 15) is 14.7 Å². The van der Waals surface area contributed by atoms with E-state index < -0.39 is 18.5 Å². The summed E-state index contributed by atoms with van der Waals surface area (Å²) in [6.45, 7) is 4.79. The molecular formula is C6H12N6O3. The monoisotopic (exact) mass is 216 g/mol. The van der Waals surface area contributed by atoms with Crippen molar-refractivity contribution in [2.75, 3.05) is 0 Å². The van der Waals surface area contributed by atoms with Gasteiger partial charge in [-0.25, -0.2) is 15.0 Å². The molecule has 1 rings (SSSR count). The Labute approximate surface area is 85.8 Å². The summed E-state index contributed by atoms with van der Waals surface area (Å²) in [6, 6.07) is 0. The molecule has 0 radical (unpaired) electrons. The molecule has 0 aliphatic carbocycles. The van der Waals surface area contributed by atoms with Gasteiger partial charge in [0, 0.05) is 0 Å². The first-order valence-corrected chi connectivity index (χ1v) is 4.43. The van der Waals surface area contributed by atoms with Gasteiger partial charge in [0.25, 0.3) is 0 Å². The highest BCUT2D eigenvalue weighted by Crippen LogP contribution is 2.26. The molecule has 0 bridgehead atoms. The van der Waals surface area contributed by atoms with Crippen LogP contribution < -0.4 is 0 Å². The fraction of sp³-hybridized carbons (Fsp3) is 1.00. The van der Waals surface area contributed by atoms with Crippen LogP contribution in [-0.4, -0.2) is 33.5 Å². The maximum absolute atomic E-state index is 10.5. The molecule has 1 aliphatic rings. The quantitative estimate of drug-likeness (QED) is 0.652. The van der Waals surface area contributed by atoms with E-state index in [2.05, 4.69) is 15.9 Å². The van der Waals surface area contributed by atoms with Gasteiger partial charge in [-0.3, -0.25) is 0 Å². The molecule has 9 heteroatoms. The largest absolute Gasteiger partial charge is 0.213 e. The smallest absolute Gasteiger partial charge is 0.142 e. The Hall–Kier alpha value is -1.80. The molecule has 0 spiro atoms. The summed E-state index contributed by atoms with van der Waals surface area (Å²) in [4.78, 5) is 31.6. The highest BCUT2D eigenvalue weighted by molar-refractivity contribution is 4.80. The molecule has 1 aliphatic heterocycles. The number of nitroso groups, excluding NO2 is 3. The summed E-state index contributed by atoms with van der Waals surface area (Å²) in [5, 5.41) is 11.4. The molecule has 0 unspecified atom stereocenters.